The van der Waals surface area contributed by atoms with Gasteiger partial charge in [0.2, 0.25) is 0 Å². The number of nitrogens with two attached hydrogens (primary N) is 1. The molecule has 148 valence electrons. The molecule has 0 bridgehead atoms. The largest absolute Gasteiger partial charge is 0.379 e. The number of hydrogen-bond acceptors (Lipinski definition) is 4. The monoisotopic (exact) mass is 439 g/mol. The van der Waals surface area contributed by atoms with Gasteiger partial charge in [-0.3, -0.25) is 9.79 Å². The molecule has 2 aromatic carbocycles. The minimum absolute atomic E-state index is 0.236. The first-order valence-electron chi connectivity index (χ1n) is 8.72. The Hall–Kier alpha value is -1.76. The van der Waals surface area contributed by atoms with E-state index in [1.165, 1.54) is 12.1 Å². The maximum atomic E-state index is 13.5. The van der Waals surface area contributed by atoms with Gasteiger partial charge >= 0.3 is 0 Å². The SMILES string of the molecule is CC1(Cc2ccc(CF)c(NC(=O)c3ccc(Cl)cc3Cl)c2)CCSC(N)=N1. The summed E-state index contributed by atoms with van der Waals surface area (Å²) in [5.41, 5.74) is 7.60. The second kappa shape index (κ2) is 8.72. The van der Waals surface area contributed by atoms with Crippen LogP contribution in [-0.2, 0) is 13.1 Å². The Labute approximate surface area is 177 Å². The number of thioether (sulfide) groups is 1. The van der Waals surface area contributed by atoms with Crippen molar-refractivity contribution < 1.29 is 9.18 Å². The van der Waals surface area contributed by atoms with Crippen LogP contribution in [0.25, 0.3) is 0 Å². The van der Waals surface area contributed by atoms with Gasteiger partial charge in [0.15, 0.2) is 5.17 Å². The number of halogens is 3. The normalized spacial score (nSPS) is 19.2. The molecule has 1 aliphatic rings. The van der Waals surface area contributed by atoms with Crippen molar-refractivity contribution in [1.29, 1.82) is 0 Å². The number of nitrogens with one attached hydrogen (secondary N) is 1. The zero-order valence-electron chi connectivity index (χ0n) is 15.3. The number of alkyl halides is 1. The molecule has 28 heavy (non-hydrogen) atoms. The highest BCUT2D eigenvalue weighted by Gasteiger charge is 2.28. The number of hydrogen-bond donors (Lipinski definition) is 2. The molecule has 0 saturated heterocycles. The molecule has 4 nitrogen and oxygen atoms in total. The number of carbonyl (C=O) groups excluding carboxylic acids is 1. The fourth-order valence-electron chi connectivity index (χ4n) is 3.13. The molecule has 0 saturated carbocycles. The molecule has 3 N–H and O–H groups in total. The molecule has 2 aromatic rings. The molecule has 1 aliphatic heterocycles. The van der Waals surface area contributed by atoms with E-state index in [4.69, 9.17) is 28.9 Å². The lowest BCUT2D eigenvalue weighted by Gasteiger charge is -2.29. The van der Waals surface area contributed by atoms with Crippen molar-refractivity contribution in [2.75, 3.05) is 11.1 Å². The van der Waals surface area contributed by atoms with Crippen molar-refractivity contribution in [3.8, 4) is 0 Å². The zero-order valence-corrected chi connectivity index (χ0v) is 17.6. The van der Waals surface area contributed by atoms with Gasteiger partial charge in [-0.1, -0.05) is 47.1 Å². The van der Waals surface area contributed by atoms with Gasteiger partial charge in [0, 0.05) is 22.0 Å². The second-order valence-corrected chi connectivity index (χ2v) is 8.88. The van der Waals surface area contributed by atoms with Crippen molar-refractivity contribution in [3.05, 3.63) is 63.1 Å². The molecule has 0 fully saturated rings. The van der Waals surface area contributed by atoms with Gasteiger partial charge in [0.1, 0.15) is 6.67 Å². The first-order chi connectivity index (χ1) is 13.3. The molecule has 0 radical (unpaired) electrons. The lowest BCUT2D eigenvalue weighted by molar-refractivity contribution is 0.102. The quantitative estimate of drug-likeness (QED) is 0.648. The van der Waals surface area contributed by atoms with Crippen LogP contribution in [0.5, 0.6) is 0 Å². The van der Waals surface area contributed by atoms with Crippen LogP contribution >= 0.6 is 35.0 Å². The van der Waals surface area contributed by atoms with Crippen LogP contribution in [0.3, 0.4) is 0 Å². The lowest BCUT2D eigenvalue weighted by atomic mass is 9.90. The lowest BCUT2D eigenvalue weighted by Crippen LogP contribution is -2.33. The summed E-state index contributed by atoms with van der Waals surface area (Å²) in [5, 5.41) is 4.02. The van der Waals surface area contributed by atoms with Gasteiger partial charge < -0.3 is 11.1 Å². The van der Waals surface area contributed by atoms with Crippen LogP contribution in [0.1, 0.15) is 34.8 Å². The molecule has 1 unspecified atom stereocenters. The van der Waals surface area contributed by atoms with E-state index in [1.807, 2.05) is 13.0 Å². The third-order valence-electron chi connectivity index (χ3n) is 4.60. The summed E-state index contributed by atoms with van der Waals surface area (Å²) < 4.78 is 13.5. The predicted octanol–water partition coefficient (Wildman–Crippen LogP) is 5.47. The smallest absolute Gasteiger partial charge is 0.257 e. The van der Waals surface area contributed by atoms with E-state index in [2.05, 4.69) is 10.3 Å². The summed E-state index contributed by atoms with van der Waals surface area (Å²) in [4.78, 5) is 17.2. The molecule has 0 aliphatic carbocycles. The Morgan fingerprint density at radius 3 is 2.79 bits per heavy atom. The van der Waals surface area contributed by atoms with Crippen LogP contribution in [-0.4, -0.2) is 22.4 Å². The molecule has 1 amide bonds. The molecule has 1 heterocycles. The first kappa shape index (κ1) is 21.0. The van der Waals surface area contributed by atoms with Gasteiger partial charge in [-0.25, -0.2) is 4.39 Å². The predicted molar refractivity (Wildman–Crippen MR) is 116 cm³/mol. The van der Waals surface area contributed by atoms with Crippen LogP contribution in [0.2, 0.25) is 10.0 Å². The summed E-state index contributed by atoms with van der Waals surface area (Å²) in [6.45, 7) is 1.36. The molecule has 1 atom stereocenters. The average molecular weight is 440 g/mol. The highest BCUT2D eigenvalue weighted by molar-refractivity contribution is 8.13. The van der Waals surface area contributed by atoms with Crippen LogP contribution in [0, 0.1) is 0 Å². The van der Waals surface area contributed by atoms with Crippen LogP contribution in [0.15, 0.2) is 41.4 Å². The Morgan fingerprint density at radius 1 is 1.32 bits per heavy atom. The Kier molecular flexibility index (Phi) is 6.53. The van der Waals surface area contributed by atoms with Gasteiger partial charge in [0.05, 0.1) is 16.1 Å². The van der Waals surface area contributed by atoms with Crippen LogP contribution < -0.4 is 11.1 Å². The average Bonchev–Trinajstić information content (AvgIpc) is 2.61. The number of nitrogens with zero attached hydrogens (tertiary/aromatic N) is 1. The zero-order chi connectivity index (χ0) is 20.3. The van der Waals surface area contributed by atoms with Gasteiger partial charge in [-0.05, 0) is 49.6 Å². The number of benzene rings is 2. The number of carbonyl (C=O) groups is 1. The Bertz CT molecular complexity index is 938. The minimum Gasteiger partial charge on any atom is -0.379 e. The van der Waals surface area contributed by atoms with Crippen molar-refractivity contribution in [3.63, 3.8) is 0 Å². The molecule has 0 spiro atoms. The van der Waals surface area contributed by atoms with Crippen LogP contribution in [0.4, 0.5) is 10.1 Å². The van der Waals surface area contributed by atoms with Gasteiger partial charge in [-0.2, -0.15) is 0 Å². The highest BCUT2D eigenvalue weighted by atomic mass is 35.5. The second-order valence-electron chi connectivity index (χ2n) is 6.93. The number of rotatable bonds is 5. The van der Waals surface area contributed by atoms with Crippen molar-refractivity contribution in [2.45, 2.75) is 32.0 Å². The summed E-state index contributed by atoms with van der Waals surface area (Å²) in [6, 6.07) is 9.95. The topological polar surface area (TPSA) is 67.5 Å². The third kappa shape index (κ3) is 4.99. The fourth-order valence-corrected chi connectivity index (χ4v) is 4.66. The summed E-state index contributed by atoms with van der Waals surface area (Å²) >= 11 is 13.5. The minimum atomic E-state index is -0.691. The fraction of sp³-hybridized carbons (Fsp3) is 0.300. The molecule has 3 rings (SSSR count). The van der Waals surface area contributed by atoms with E-state index in [-0.39, 0.29) is 16.1 Å². The van der Waals surface area contributed by atoms with E-state index in [1.54, 1.807) is 30.0 Å². The van der Waals surface area contributed by atoms with E-state index in [0.717, 1.165) is 17.7 Å². The van der Waals surface area contributed by atoms with Crippen molar-refractivity contribution in [2.24, 2.45) is 10.7 Å². The van der Waals surface area contributed by atoms with E-state index < -0.39 is 12.6 Å². The molecular weight excluding hydrogens is 420 g/mol. The van der Waals surface area contributed by atoms with E-state index in [9.17, 15) is 9.18 Å². The van der Waals surface area contributed by atoms with E-state index in [0.29, 0.717) is 27.9 Å². The standard InChI is InChI=1S/C20H20Cl2FN3OS/c1-20(6-7-28-19(24)26-20)10-12-2-3-13(11-23)17(8-12)25-18(27)15-5-4-14(21)9-16(15)22/h2-5,8-9H,6-7,10-11H2,1H3,(H2,24,26)(H,25,27). The number of amidine groups is 1. The maximum Gasteiger partial charge on any atom is 0.257 e. The van der Waals surface area contributed by atoms with Crippen molar-refractivity contribution >= 4 is 51.7 Å². The molecule has 8 heteroatoms. The summed E-state index contributed by atoms with van der Waals surface area (Å²) in [6.07, 6.45) is 1.54. The first-order valence-corrected chi connectivity index (χ1v) is 10.5. The van der Waals surface area contributed by atoms with E-state index >= 15 is 0 Å². The summed E-state index contributed by atoms with van der Waals surface area (Å²) in [7, 11) is 0. The number of aliphatic imine (C=N–C) groups is 1. The summed E-state index contributed by atoms with van der Waals surface area (Å²) in [5.74, 6) is 0.489. The Balaban J connectivity index is 1.85. The molecule has 0 aromatic heterocycles. The number of anilines is 1. The van der Waals surface area contributed by atoms with Crippen molar-refractivity contribution in [1.82, 2.24) is 0 Å². The number of amides is 1. The highest BCUT2D eigenvalue weighted by Crippen LogP contribution is 2.31. The van der Waals surface area contributed by atoms with Gasteiger partial charge in [0.25, 0.3) is 5.91 Å². The maximum absolute atomic E-state index is 13.5. The molecular formula is C20H20Cl2FN3OS. The Morgan fingerprint density at radius 2 is 2.11 bits per heavy atom. The van der Waals surface area contributed by atoms with Gasteiger partial charge in [-0.15, -0.1) is 0 Å². The third-order valence-corrected chi connectivity index (χ3v) is 5.94.